The number of anilines is 1. The number of sulfonamides is 1. The molecule has 1 heterocycles. The van der Waals surface area contributed by atoms with Crippen LogP contribution in [0.3, 0.4) is 0 Å². The van der Waals surface area contributed by atoms with Crippen molar-refractivity contribution < 1.29 is 30.8 Å². The lowest BCUT2D eigenvalue weighted by Crippen LogP contribution is -2.29. The number of carbonyl (C=O) groups excluding carboxylic acids is 1. The van der Waals surface area contributed by atoms with E-state index in [0.29, 0.717) is 29.8 Å². The minimum atomic E-state index is -4.92. The average molecular weight is 402 g/mol. The van der Waals surface area contributed by atoms with Crippen LogP contribution in [0.15, 0.2) is 41.3 Å². The summed E-state index contributed by atoms with van der Waals surface area (Å²) in [5.74, 6) is -2.17. The van der Waals surface area contributed by atoms with E-state index in [1.165, 1.54) is 30.1 Å². The minimum absolute atomic E-state index is 0.0270. The molecular weight excluding hydrogens is 388 g/mol. The number of hydrogen-bond donors (Lipinski definition) is 1. The van der Waals surface area contributed by atoms with E-state index in [-0.39, 0.29) is 17.0 Å². The molecule has 0 aliphatic carbocycles. The standard InChI is InChI=1S/C17H14F4N2O3S/c1-22-27(25,26)12-3-5-15-10(8-12)6-7-23(15)16(24)11-2-4-14(18)13(9-11)17(19,20)21/h2-5,8-9,22H,6-7H2,1H3. The summed E-state index contributed by atoms with van der Waals surface area (Å²) in [5.41, 5.74) is -0.822. The highest BCUT2D eigenvalue weighted by Crippen LogP contribution is 2.34. The second-order valence-corrected chi connectivity index (χ2v) is 7.78. The lowest BCUT2D eigenvalue weighted by atomic mass is 10.1. The molecule has 0 saturated carbocycles. The minimum Gasteiger partial charge on any atom is -0.308 e. The number of benzene rings is 2. The number of hydrogen-bond acceptors (Lipinski definition) is 3. The third kappa shape index (κ3) is 3.54. The van der Waals surface area contributed by atoms with Gasteiger partial charge in [-0.25, -0.2) is 17.5 Å². The Morgan fingerprint density at radius 3 is 2.48 bits per heavy atom. The van der Waals surface area contributed by atoms with Gasteiger partial charge in [-0.1, -0.05) is 0 Å². The Morgan fingerprint density at radius 2 is 1.85 bits per heavy atom. The molecule has 0 unspecified atom stereocenters. The molecule has 3 rings (SSSR count). The summed E-state index contributed by atoms with van der Waals surface area (Å²) in [6, 6.07) is 6.23. The largest absolute Gasteiger partial charge is 0.419 e. The monoisotopic (exact) mass is 402 g/mol. The van der Waals surface area contributed by atoms with Crippen molar-refractivity contribution in [2.24, 2.45) is 0 Å². The summed E-state index contributed by atoms with van der Waals surface area (Å²) >= 11 is 0. The third-order valence-corrected chi connectivity index (χ3v) is 5.70. The fourth-order valence-corrected chi connectivity index (χ4v) is 3.69. The van der Waals surface area contributed by atoms with Crippen LogP contribution in [-0.2, 0) is 22.6 Å². The van der Waals surface area contributed by atoms with Crippen LogP contribution in [0.5, 0.6) is 0 Å². The van der Waals surface area contributed by atoms with Gasteiger partial charge in [-0.05, 0) is 55.4 Å². The van der Waals surface area contributed by atoms with Gasteiger partial charge in [-0.2, -0.15) is 13.2 Å². The number of carbonyl (C=O) groups is 1. The Bertz CT molecular complexity index is 1020. The van der Waals surface area contributed by atoms with Gasteiger partial charge in [0.1, 0.15) is 5.82 Å². The molecule has 0 aromatic heterocycles. The smallest absolute Gasteiger partial charge is 0.308 e. The second-order valence-electron chi connectivity index (χ2n) is 5.90. The quantitative estimate of drug-likeness (QED) is 0.803. The highest BCUT2D eigenvalue weighted by atomic mass is 32.2. The van der Waals surface area contributed by atoms with E-state index >= 15 is 0 Å². The van der Waals surface area contributed by atoms with Gasteiger partial charge in [-0.15, -0.1) is 0 Å². The Kier molecular flexibility index (Phi) is 4.73. The van der Waals surface area contributed by atoms with Crippen LogP contribution in [-0.4, -0.2) is 27.9 Å². The molecule has 2 aromatic rings. The third-order valence-electron chi connectivity index (χ3n) is 4.29. The predicted molar refractivity (Wildman–Crippen MR) is 89.5 cm³/mol. The molecule has 0 bridgehead atoms. The van der Waals surface area contributed by atoms with E-state index in [1.807, 2.05) is 0 Å². The van der Waals surface area contributed by atoms with Gasteiger partial charge in [-0.3, -0.25) is 4.79 Å². The molecule has 10 heteroatoms. The Labute approximate surface area is 152 Å². The maximum Gasteiger partial charge on any atom is 0.419 e. The molecule has 0 saturated heterocycles. The van der Waals surface area contributed by atoms with Gasteiger partial charge in [0.05, 0.1) is 10.5 Å². The SMILES string of the molecule is CNS(=O)(=O)c1ccc2c(c1)CCN2C(=O)c1ccc(F)c(C(F)(F)F)c1. The molecule has 27 heavy (non-hydrogen) atoms. The van der Waals surface area contributed by atoms with Crippen molar-refractivity contribution >= 4 is 21.6 Å². The molecule has 2 aromatic carbocycles. The fraction of sp³-hybridized carbons (Fsp3) is 0.235. The fourth-order valence-electron chi connectivity index (χ4n) is 2.91. The van der Waals surface area contributed by atoms with Gasteiger partial charge in [0.15, 0.2) is 0 Å². The summed E-state index contributed by atoms with van der Waals surface area (Å²) in [7, 11) is -2.39. The van der Waals surface area contributed by atoms with E-state index in [2.05, 4.69) is 4.72 Å². The second kappa shape index (κ2) is 6.61. The first-order valence-electron chi connectivity index (χ1n) is 7.79. The molecular formula is C17H14F4N2O3S. The zero-order chi connectivity index (χ0) is 20.0. The number of nitrogens with one attached hydrogen (secondary N) is 1. The summed E-state index contributed by atoms with van der Waals surface area (Å²) in [5, 5.41) is 0. The Balaban J connectivity index is 1.96. The Hall–Kier alpha value is -2.46. The van der Waals surface area contributed by atoms with Gasteiger partial charge >= 0.3 is 6.18 Å². The van der Waals surface area contributed by atoms with Crippen LogP contribution in [0.1, 0.15) is 21.5 Å². The van der Waals surface area contributed by atoms with E-state index in [4.69, 9.17) is 0 Å². The van der Waals surface area contributed by atoms with Crippen molar-refractivity contribution in [3.8, 4) is 0 Å². The van der Waals surface area contributed by atoms with Crippen molar-refractivity contribution in [3.05, 3.63) is 58.9 Å². The van der Waals surface area contributed by atoms with E-state index < -0.39 is 33.5 Å². The first-order chi connectivity index (χ1) is 12.5. The predicted octanol–water partition coefficient (Wildman–Crippen LogP) is 2.96. The molecule has 1 amide bonds. The van der Waals surface area contributed by atoms with Gasteiger partial charge in [0, 0.05) is 17.8 Å². The first-order valence-corrected chi connectivity index (χ1v) is 9.28. The summed E-state index contributed by atoms with van der Waals surface area (Å²) in [6.07, 6.45) is -4.57. The van der Waals surface area contributed by atoms with Crippen LogP contribution in [0.4, 0.5) is 23.2 Å². The zero-order valence-corrected chi connectivity index (χ0v) is 14.8. The summed E-state index contributed by atoms with van der Waals surface area (Å²) in [6.45, 7) is 0.177. The maximum atomic E-state index is 13.4. The number of amides is 1. The Morgan fingerprint density at radius 1 is 1.15 bits per heavy atom. The average Bonchev–Trinajstić information content (AvgIpc) is 3.03. The number of fused-ring (bicyclic) bond motifs is 1. The van der Waals surface area contributed by atoms with E-state index in [9.17, 15) is 30.8 Å². The van der Waals surface area contributed by atoms with Crippen molar-refractivity contribution in [2.45, 2.75) is 17.5 Å². The molecule has 1 aliphatic heterocycles. The van der Waals surface area contributed by atoms with E-state index in [1.54, 1.807) is 0 Å². The number of nitrogens with zero attached hydrogens (tertiary/aromatic N) is 1. The van der Waals surface area contributed by atoms with Crippen LogP contribution in [0.2, 0.25) is 0 Å². The number of rotatable bonds is 3. The van der Waals surface area contributed by atoms with Crippen molar-refractivity contribution in [2.75, 3.05) is 18.5 Å². The first kappa shape index (κ1) is 19.3. The maximum absolute atomic E-state index is 13.4. The molecule has 0 radical (unpaired) electrons. The normalized spacial score (nSPS) is 14.3. The highest BCUT2D eigenvalue weighted by Gasteiger charge is 2.35. The molecule has 5 nitrogen and oxygen atoms in total. The molecule has 0 fully saturated rings. The lowest BCUT2D eigenvalue weighted by molar-refractivity contribution is -0.140. The summed E-state index contributed by atoms with van der Waals surface area (Å²) < 4.78 is 78.0. The molecule has 1 N–H and O–H groups in total. The highest BCUT2D eigenvalue weighted by molar-refractivity contribution is 7.89. The van der Waals surface area contributed by atoms with Crippen molar-refractivity contribution in [1.82, 2.24) is 4.72 Å². The number of halogens is 4. The lowest BCUT2D eigenvalue weighted by Gasteiger charge is -2.18. The molecule has 1 aliphatic rings. The van der Waals surface area contributed by atoms with Crippen molar-refractivity contribution in [3.63, 3.8) is 0 Å². The topological polar surface area (TPSA) is 66.5 Å². The molecule has 0 spiro atoms. The zero-order valence-electron chi connectivity index (χ0n) is 14.0. The van der Waals surface area contributed by atoms with Gasteiger partial charge < -0.3 is 4.90 Å². The van der Waals surface area contributed by atoms with Crippen LogP contribution in [0.25, 0.3) is 0 Å². The molecule has 0 atom stereocenters. The molecule has 144 valence electrons. The van der Waals surface area contributed by atoms with Gasteiger partial charge in [0.25, 0.3) is 5.91 Å². The van der Waals surface area contributed by atoms with Gasteiger partial charge in [0.2, 0.25) is 10.0 Å². The summed E-state index contributed by atoms with van der Waals surface area (Å²) in [4.78, 5) is 13.9. The van der Waals surface area contributed by atoms with Crippen LogP contribution in [0, 0.1) is 5.82 Å². The van der Waals surface area contributed by atoms with Crippen LogP contribution < -0.4 is 9.62 Å². The van der Waals surface area contributed by atoms with Crippen LogP contribution >= 0.6 is 0 Å². The number of alkyl halides is 3. The van der Waals surface area contributed by atoms with E-state index in [0.717, 1.165) is 6.07 Å². The van der Waals surface area contributed by atoms with Crippen molar-refractivity contribution in [1.29, 1.82) is 0 Å².